The van der Waals surface area contributed by atoms with Crippen molar-refractivity contribution in [3.8, 4) is 6.07 Å². The van der Waals surface area contributed by atoms with Gasteiger partial charge < -0.3 is 10.6 Å². The van der Waals surface area contributed by atoms with Crippen LogP contribution in [0.2, 0.25) is 0 Å². The second kappa shape index (κ2) is 8.08. The van der Waals surface area contributed by atoms with Crippen molar-refractivity contribution in [1.29, 1.82) is 5.26 Å². The molecule has 0 aromatic carbocycles. The molecule has 0 radical (unpaired) electrons. The van der Waals surface area contributed by atoms with Crippen LogP contribution in [0.4, 0.5) is 5.82 Å². The Bertz CT molecular complexity index is 489. The van der Waals surface area contributed by atoms with Crippen LogP contribution in [0.3, 0.4) is 0 Å². The number of nitrogens with one attached hydrogen (secondary N) is 2. The van der Waals surface area contributed by atoms with E-state index in [2.05, 4.69) is 42.5 Å². The topological polar surface area (TPSA) is 60.7 Å². The number of unbranched alkanes of at least 4 members (excludes halogenated alkanes) is 1. The van der Waals surface area contributed by atoms with Crippen LogP contribution in [0.5, 0.6) is 0 Å². The predicted molar refractivity (Wildman–Crippen MR) is 88.9 cm³/mol. The Morgan fingerprint density at radius 2 is 2.20 bits per heavy atom. The largest absolute Gasteiger partial charge is 0.358 e. The van der Waals surface area contributed by atoms with Crippen LogP contribution in [0.25, 0.3) is 0 Å². The van der Waals surface area contributed by atoms with Crippen molar-refractivity contribution >= 4 is 34.9 Å². The zero-order valence-electron chi connectivity index (χ0n) is 12.1. The van der Waals surface area contributed by atoms with Crippen molar-refractivity contribution in [2.45, 2.75) is 44.2 Å². The molecule has 1 aromatic rings. The number of pyridine rings is 1. The summed E-state index contributed by atoms with van der Waals surface area (Å²) in [6.07, 6.45) is 1.47. The van der Waals surface area contributed by atoms with Gasteiger partial charge in [0.15, 0.2) is 5.11 Å². The van der Waals surface area contributed by atoms with Gasteiger partial charge in [-0.1, -0.05) is 6.07 Å². The molecule has 2 N–H and O–H groups in total. The predicted octanol–water partition coefficient (Wildman–Crippen LogP) is 3.56. The highest BCUT2D eigenvalue weighted by molar-refractivity contribution is 7.99. The number of thiocarbonyl (C=S) groups is 1. The number of aromatic nitrogens is 1. The molecule has 0 amide bonds. The standard InChI is InChI=1S/C14H20N4S2/c1-14(2,3)18-13(19)17-11-7-6-8-12(16-11)20-10-5-4-9-15/h6-8H,4-5,10H2,1-3H3,(H2,16,17,18,19). The molecule has 0 atom stereocenters. The van der Waals surface area contributed by atoms with Crippen molar-refractivity contribution in [2.75, 3.05) is 11.1 Å². The van der Waals surface area contributed by atoms with Crippen LogP contribution in [0.15, 0.2) is 23.2 Å². The molecule has 108 valence electrons. The van der Waals surface area contributed by atoms with Crippen LogP contribution in [0, 0.1) is 11.3 Å². The lowest BCUT2D eigenvalue weighted by molar-refractivity contribution is 0.514. The lowest BCUT2D eigenvalue weighted by Gasteiger charge is -2.22. The number of nitriles is 1. The maximum absolute atomic E-state index is 8.49. The van der Waals surface area contributed by atoms with E-state index in [4.69, 9.17) is 17.5 Å². The molecule has 1 aromatic heterocycles. The Hall–Kier alpha value is -1.32. The van der Waals surface area contributed by atoms with Gasteiger partial charge in [0.2, 0.25) is 0 Å². The normalized spacial score (nSPS) is 10.7. The molecule has 0 unspecified atom stereocenters. The number of hydrogen-bond acceptors (Lipinski definition) is 4. The van der Waals surface area contributed by atoms with E-state index >= 15 is 0 Å². The molecule has 0 bridgehead atoms. The highest BCUT2D eigenvalue weighted by Crippen LogP contribution is 2.18. The fourth-order valence-electron chi connectivity index (χ4n) is 1.38. The lowest BCUT2D eigenvalue weighted by atomic mass is 10.1. The Balaban J connectivity index is 2.51. The summed E-state index contributed by atoms with van der Waals surface area (Å²) in [7, 11) is 0. The highest BCUT2D eigenvalue weighted by atomic mass is 32.2. The number of nitrogens with zero attached hydrogens (tertiary/aromatic N) is 2. The fourth-order valence-corrected chi connectivity index (χ4v) is 2.63. The molecule has 6 heteroatoms. The molecule has 0 saturated heterocycles. The van der Waals surface area contributed by atoms with E-state index in [1.807, 2.05) is 18.2 Å². The molecule has 4 nitrogen and oxygen atoms in total. The first kappa shape index (κ1) is 16.7. The van der Waals surface area contributed by atoms with Crippen LogP contribution < -0.4 is 10.6 Å². The molecule has 0 aliphatic rings. The summed E-state index contributed by atoms with van der Waals surface area (Å²) in [6.45, 7) is 6.15. The summed E-state index contributed by atoms with van der Waals surface area (Å²) in [5, 5.41) is 16.3. The second-order valence-corrected chi connectivity index (χ2v) is 6.82. The smallest absolute Gasteiger partial charge is 0.172 e. The summed E-state index contributed by atoms with van der Waals surface area (Å²) in [6, 6.07) is 7.93. The van der Waals surface area contributed by atoms with E-state index in [1.54, 1.807) is 11.8 Å². The van der Waals surface area contributed by atoms with Crippen LogP contribution in [-0.4, -0.2) is 21.4 Å². The first-order valence-corrected chi connectivity index (χ1v) is 7.86. The highest BCUT2D eigenvalue weighted by Gasteiger charge is 2.11. The van der Waals surface area contributed by atoms with Crippen molar-refractivity contribution in [3.63, 3.8) is 0 Å². The third kappa shape index (κ3) is 7.31. The quantitative estimate of drug-likeness (QED) is 0.493. The van der Waals surface area contributed by atoms with E-state index < -0.39 is 0 Å². The minimum absolute atomic E-state index is 0.0757. The van der Waals surface area contributed by atoms with Gasteiger partial charge in [0.05, 0.1) is 11.1 Å². The average molecular weight is 308 g/mol. The maximum Gasteiger partial charge on any atom is 0.172 e. The van der Waals surface area contributed by atoms with Crippen LogP contribution in [0.1, 0.15) is 33.6 Å². The van der Waals surface area contributed by atoms with Crippen molar-refractivity contribution < 1.29 is 0 Å². The molecule has 1 rings (SSSR count). The van der Waals surface area contributed by atoms with Gasteiger partial charge in [-0.15, -0.1) is 11.8 Å². The number of hydrogen-bond donors (Lipinski definition) is 2. The monoisotopic (exact) mass is 308 g/mol. The van der Waals surface area contributed by atoms with Gasteiger partial charge in [-0.2, -0.15) is 5.26 Å². The van der Waals surface area contributed by atoms with Gasteiger partial charge in [0.1, 0.15) is 5.82 Å². The van der Waals surface area contributed by atoms with Crippen molar-refractivity contribution in [3.05, 3.63) is 18.2 Å². The molecule has 0 aliphatic heterocycles. The van der Waals surface area contributed by atoms with Gasteiger partial charge in [0, 0.05) is 17.7 Å². The van der Waals surface area contributed by atoms with Gasteiger partial charge in [0.25, 0.3) is 0 Å². The van der Waals surface area contributed by atoms with Gasteiger partial charge >= 0.3 is 0 Å². The minimum Gasteiger partial charge on any atom is -0.358 e. The Morgan fingerprint density at radius 1 is 1.45 bits per heavy atom. The Labute approximate surface area is 130 Å². The van der Waals surface area contributed by atoms with Gasteiger partial charge in [-0.25, -0.2) is 4.98 Å². The Kier molecular flexibility index (Phi) is 6.76. The zero-order valence-corrected chi connectivity index (χ0v) is 13.7. The van der Waals surface area contributed by atoms with E-state index in [0.29, 0.717) is 11.5 Å². The van der Waals surface area contributed by atoms with E-state index in [0.717, 1.165) is 23.0 Å². The molecular formula is C14H20N4S2. The zero-order chi connectivity index (χ0) is 15.0. The van der Waals surface area contributed by atoms with E-state index in [1.165, 1.54) is 0 Å². The molecule has 0 saturated carbocycles. The summed E-state index contributed by atoms with van der Waals surface area (Å²) >= 11 is 6.89. The summed E-state index contributed by atoms with van der Waals surface area (Å²) in [5.41, 5.74) is -0.0757. The van der Waals surface area contributed by atoms with E-state index in [9.17, 15) is 0 Å². The van der Waals surface area contributed by atoms with Gasteiger partial charge in [-0.3, -0.25) is 0 Å². The molecule has 0 aliphatic carbocycles. The molecule has 0 spiro atoms. The maximum atomic E-state index is 8.49. The number of thioether (sulfide) groups is 1. The lowest BCUT2D eigenvalue weighted by Crippen LogP contribution is -2.43. The van der Waals surface area contributed by atoms with Crippen molar-refractivity contribution in [1.82, 2.24) is 10.3 Å². The summed E-state index contributed by atoms with van der Waals surface area (Å²) < 4.78 is 0. The first-order valence-electron chi connectivity index (χ1n) is 6.47. The molecule has 1 heterocycles. The second-order valence-electron chi connectivity index (χ2n) is 5.30. The number of rotatable bonds is 5. The first-order chi connectivity index (χ1) is 9.40. The molecule has 0 fully saturated rings. The minimum atomic E-state index is -0.0757. The third-order valence-electron chi connectivity index (χ3n) is 2.14. The average Bonchev–Trinajstić information content (AvgIpc) is 2.32. The summed E-state index contributed by atoms with van der Waals surface area (Å²) in [5.74, 6) is 1.63. The molecule has 20 heavy (non-hydrogen) atoms. The van der Waals surface area contributed by atoms with Crippen LogP contribution >= 0.6 is 24.0 Å². The Morgan fingerprint density at radius 3 is 2.85 bits per heavy atom. The molecular weight excluding hydrogens is 288 g/mol. The van der Waals surface area contributed by atoms with Crippen LogP contribution in [-0.2, 0) is 0 Å². The third-order valence-corrected chi connectivity index (χ3v) is 3.36. The van der Waals surface area contributed by atoms with Gasteiger partial charge in [-0.05, 0) is 51.5 Å². The fraction of sp³-hybridized carbons (Fsp3) is 0.500. The number of anilines is 1. The SMILES string of the molecule is CC(C)(C)NC(=S)Nc1cccc(SCCCC#N)n1. The van der Waals surface area contributed by atoms with E-state index in [-0.39, 0.29) is 5.54 Å². The summed E-state index contributed by atoms with van der Waals surface area (Å²) in [4.78, 5) is 4.48. The van der Waals surface area contributed by atoms with Crippen molar-refractivity contribution in [2.24, 2.45) is 0 Å².